The summed E-state index contributed by atoms with van der Waals surface area (Å²) in [5.41, 5.74) is 1.95. The van der Waals surface area contributed by atoms with Crippen molar-refractivity contribution in [1.82, 2.24) is 4.90 Å². The Kier molecular flexibility index (Phi) is 4.72. The van der Waals surface area contributed by atoms with Gasteiger partial charge in [-0.25, -0.2) is 0 Å². The molecule has 0 radical (unpaired) electrons. The maximum atomic E-state index is 10.6. The average molecular weight is 235 g/mol. The van der Waals surface area contributed by atoms with Crippen molar-refractivity contribution in [2.24, 2.45) is 0 Å². The Morgan fingerprint density at radius 3 is 2.29 bits per heavy atom. The molecule has 0 saturated carbocycles. The zero-order valence-electron chi connectivity index (χ0n) is 11.7. The molecule has 1 N–H and O–H groups in total. The van der Waals surface area contributed by atoms with Gasteiger partial charge in [-0.1, -0.05) is 43.7 Å². The molecule has 0 fully saturated rings. The van der Waals surface area contributed by atoms with E-state index in [1.165, 1.54) is 5.56 Å². The number of aliphatic hydroxyl groups is 1. The van der Waals surface area contributed by atoms with Gasteiger partial charge in [0.15, 0.2) is 0 Å². The highest BCUT2D eigenvalue weighted by Crippen LogP contribution is 2.31. The topological polar surface area (TPSA) is 23.5 Å². The molecule has 2 heteroatoms. The fourth-order valence-corrected chi connectivity index (χ4v) is 2.46. The van der Waals surface area contributed by atoms with E-state index in [2.05, 4.69) is 51.7 Å². The van der Waals surface area contributed by atoms with Crippen LogP contribution in [0.4, 0.5) is 0 Å². The Hall–Kier alpha value is -0.860. The van der Waals surface area contributed by atoms with Crippen LogP contribution < -0.4 is 0 Å². The van der Waals surface area contributed by atoms with Crippen LogP contribution in [0.2, 0.25) is 0 Å². The number of hydrogen-bond acceptors (Lipinski definition) is 2. The fourth-order valence-electron chi connectivity index (χ4n) is 2.46. The third-order valence-corrected chi connectivity index (χ3v) is 3.61. The van der Waals surface area contributed by atoms with Gasteiger partial charge in [-0.2, -0.15) is 0 Å². The number of hydrogen-bond donors (Lipinski definition) is 1. The molecule has 2 nitrogen and oxygen atoms in total. The number of benzene rings is 1. The number of aliphatic hydroxyl groups excluding tert-OH is 1. The molecule has 0 aliphatic carbocycles. The van der Waals surface area contributed by atoms with Gasteiger partial charge in [0.2, 0.25) is 0 Å². The van der Waals surface area contributed by atoms with Crippen LogP contribution in [0.25, 0.3) is 0 Å². The second-order valence-corrected chi connectivity index (χ2v) is 5.14. The van der Waals surface area contributed by atoms with Gasteiger partial charge in [0.1, 0.15) is 0 Å². The van der Waals surface area contributed by atoms with Crippen molar-refractivity contribution in [3.8, 4) is 0 Å². The molecule has 0 aromatic heterocycles. The molecule has 1 unspecified atom stereocenters. The molecule has 1 aromatic carbocycles. The second-order valence-electron chi connectivity index (χ2n) is 5.14. The van der Waals surface area contributed by atoms with Gasteiger partial charge in [0.05, 0.1) is 6.10 Å². The molecule has 1 aromatic rings. The molecule has 0 saturated heterocycles. The van der Waals surface area contributed by atoms with Crippen molar-refractivity contribution in [3.05, 3.63) is 35.4 Å². The van der Waals surface area contributed by atoms with E-state index in [0.717, 1.165) is 18.7 Å². The Bertz CT molecular complexity index is 356. The van der Waals surface area contributed by atoms with Gasteiger partial charge in [-0.05, 0) is 39.4 Å². The third-order valence-electron chi connectivity index (χ3n) is 3.61. The fraction of sp³-hybridized carbons (Fsp3) is 0.600. The van der Waals surface area contributed by atoms with Crippen LogP contribution in [-0.4, -0.2) is 28.6 Å². The summed E-state index contributed by atoms with van der Waals surface area (Å²) in [5.74, 6) is 0. The van der Waals surface area contributed by atoms with E-state index < -0.39 is 6.10 Å². The van der Waals surface area contributed by atoms with Crippen LogP contribution in [0.1, 0.15) is 44.9 Å². The third kappa shape index (κ3) is 3.08. The van der Waals surface area contributed by atoms with E-state index in [1.54, 1.807) is 0 Å². The molecule has 0 heterocycles. The highest BCUT2D eigenvalue weighted by molar-refractivity contribution is 5.26. The van der Waals surface area contributed by atoms with Crippen molar-refractivity contribution in [3.63, 3.8) is 0 Å². The normalized spacial score (nSPS) is 14.1. The molecule has 17 heavy (non-hydrogen) atoms. The summed E-state index contributed by atoms with van der Waals surface area (Å²) in [5, 5.41) is 10.6. The van der Waals surface area contributed by atoms with Crippen molar-refractivity contribution in [2.75, 3.05) is 13.1 Å². The maximum Gasteiger partial charge on any atom is 0.0968 e. The lowest BCUT2D eigenvalue weighted by atomic mass is 9.89. The van der Waals surface area contributed by atoms with E-state index in [-0.39, 0.29) is 5.54 Å². The molecule has 0 aliphatic rings. The van der Waals surface area contributed by atoms with Crippen LogP contribution in [0, 0.1) is 6.92 Å². The van der Waals surface area contributed by atoms with Crippen LogP contribution in [-0.2, 0) is 0 Å². The van der Waals surface area contributed by atoms with E-state index in [0.29, 0.717) is 0 Å². The zero-order chi connectivity index (χ0) is 13.1. The summed E-state index contributed by atoms with van der Waals surface area (Å²) in [4.78, 5) is 2.29. The van der Waals surface area contributed by atoms with Gasteiger partial charge in [0, 0.05) is 5.54 Å². The molecule has 1 rings (SSSR count). The van der Waals surface area contributed by atoms with Crippen LogP contribution >= 0.6 is 0 Å². The summed E-state index contributed by atoms with van der Waals surface area (Å²) >= 11 is 0. The summed E-state index contributed by atoms with van der Waals surface area (Å²) in [6, 6.07) is 8.13. The zero-order valence-corrected chi connectivity index (χ0v) is 11.7. The van der Waals surface area contributed by atoms with Crippen molar-refractivity contribution in [2.45, 2.75) is 46.3 Å². The largest absolute Gasteiger partial charge is 0.386 e. The molecule has 0 amide bonds. The molecule has 1 atom stereocenters. The molecule has 0 bridgehead atoms. The Labute approximate surface area is 105 Å². The number of nitrogens with zero attached hydrogens (tertiary/aromatic N) is 1. The predicted molar refractivity (Wildman–Crippen MR) is 73.1 cm³/mol. The van der Waals surface area contributed by atoms with Crippen LogP contribution in [0.5, 0.6) is 0 Å². The van der Waals surface area contributed by atoms with Gasteiger partial charge < -0.3 is 5.11 Å². The second kappa shape index (κ2) is 5.65. The van der Waals surface area contributed by atoms with Crippen molar-refractivity contribution in [1.29, 1.82) is 0 Å². The summed E-state index contributed by atoms with van der Waals surface area (Å²) in [7, 11) is 0. The molecule has 96 valence electrons. The highest BCUT2D eigenvalue weighted by atomic mass is 16.3. The molecule has 0 spiro atoms. The lowest BCUT2D eigenvalue weighted by Crippen LogP contribution is -2.48. The number of rotatable bonds is 5. The van der Waals surface area contributed by atoms with Gasteiger partial charge in [0.25, 0.3) is 0 Å². The van der Waals surface area contributed by atoms with Gasteiger partial charge in [-0.3, -0.25) is 4.90 Å². The Morgan fingerprint density at radius 2 is 1.82 bits per heavy atom. The summed E-state index contributed by atoms with van der Waals surface area (Å²) in [6.07, 6.45) is -0.456. The SMILES string of the molecule is CCN(CC)C(C)(C)C(O)c1cccc(C)c1. The molecule has 0 aliphatic heterocycles. The van der Waals surface area contributed by atoms with E-state index >= 15 is 0 Å². The quantitative estimate of drug-likeness (QED) is 0.847. The first-order valence-corrected chi connectivity index (χ1v) is 6.43. The Morgan fingerprint density at radius 1 is 1.24 bits per heavy atom. The highest BCUT2D eigenvalue weighted by Gasteiger charge is 2.33. The minimum atomic E-state index is -0.456. The number of aryl methyl sites for hydroxylation is 1. The monoisotopic (exact) mass is 235 g/mol. The summed E-state index contributed by atoms with van der Waals surface area (Å²) in [6.45, 7) is 12.4. The van der Waals surface area contributed by atoms with Crippen molar-refractivity contribution >= 4 is 0 Å². The lowest BCUT2D eigenvalue weighted by molar-refractivity contribution is -0.00628. The van der Waals surface area contributed by atoms with Gasteiger partial charge >= 0.3 is 0 Å². The minimum Gasteiger partial charge on any atom is -0.386 e. The standard InChI is InChI=1S/C15H25NO/c1-6-16(7-2)15(4,5)14(17)13-10-8-9-12(3)11-13/h8-11,14,17H,6-7H2,1-5H3. The first kappa shape index (κ1) is 14.2. The first-order chi connectivity index (χ1) is 7.93. The number of likely N-dealkylation sites (N-methyl/N-ethyl adjacent to an activating group) is 1. The van der Waals surface area contributed by atoms with E-state index in [1.807, 2.05) is 12.1 Å². The van der Waals surface area contributed by atoms with E-state index in [9.17, 15) is 5.11 Å². The minimum absolute atomic E-state index is 0.239. The predicted octanol–water partition coefficient (Wildman–Crippen LogP) is 3.15. The summed E-state index contributed by atoms with van der Waals surface area (Å²) < 4.78 is 0. The Balaban J connectivity index is 2.98. The van der Waals surface area contributed by atoms with Crippen molar-refractivity contribution < 1.29 is 5.11 Å². The van der Waals surface area contributed by atoms with Gasteiger partial charge in [-0.15, -0.1) is 0 Å². The molecular formula is C15H25NO. The average Bonchev–Trinajstić information content (AvgIpc) is 2.29. The first-order valence-electron chi connectivity index (χ1n) is 6.43. The van der Waals surface area contributed by atoms with Crippen LogP contribution in [0.15, 0.2) is 24.3 Å². The molecular weight excluding hydrogens is 210 g/mol. The maximum absolute atomic E-state index is 10.6. The lowest BCUT2D eigenvalue weighted by Gasteiger charge is -2.41. The van der Waals surface area contributed by atoms with Crippen LogP contribution in [0.3, 0.4) is 0 Å². The van der Waals surface area contributed by atoms with E-state index in [4.69, 9.17) is 0 Å². The smallest absolute Gasteiger partial charge is 0.0968 e.